The van der Waals surface area contributed by atoms with Crippen molar-refractivity contribution in [1.29, 1.82) is 0 Å². The summed E-state index contributed by atoms with van der Waals surface area (Å²) < 4.78 is 6.06. The molecule has 2 heterocycles. The van der Waals surface area contributed by atoms with E-state index in [1.165, 1.54) is 5.56 Å². The number of piperidine rings is 2. The van der Waals surface area contributed by atoms with Crippen molar-refractivity contribution < 1.29 is 14.3 Å². The van der Waals surface area contributed by atoms with Crippen LogP contribution in [0.4, 0.5) is 4.79 Å². The molecule has 2 aliphatic heterocycles. The first kappa shape index (κ1) is 19.5. The highest BCUT2D eigenvalue weighted by atomic mass is 16.5. The molecule has 3 amide bonds. The quantitative estimate of drug-likeness (QED) is 0.819. The zero-order valence-corrected chi connectivity index (χ0v) is 16.7. The van der Waals surface area contributed by atoms with Gasteiger partial charge in [-0.1, -0.05) is 17.7 Å². The van der Waals surface area contributed by atoms with Gasteiger partial charge in [-0.25, -0.2) is 4.79 Å². The van der Waals surface area contributed by atoms with Crippen LogP contribution in [0.3, 0.4) is 0 Å². The van der Waals surface area contributed by atoms with Gasteiger partial charge in [-0.05, 0) is 31.9 Å². The highest BCUT2D eigenvalue weighted by Gasteiger charge is 2.33. The van der Waals surface area contributed by atoms with Crippen LogP contribution in [-0.2, 0) is 4.79 Å². The number of aryl methyl sites for hydroxylation is 1. The molecule has 6 nitrogen and oxygen atoms in total. The zero-order chi connectivity index (χ0) is 19.4. The van der Waals surface area contributed by atoms with Crippen molar-refractivity contribution in [2.24, 2.45) is 5.92 Å². The van der Waals surface area contributed by atoms with Crippen molar-refractivity contribution in [1.82, 2.24) is 14.7 Å². The Balaban J connectivity index is 1.49. The standard InChI is InChI=1S/C21H31N3O3/c1-16-6-8-18(9-7-16)27-19-10-13-23(14-11-19)20(25)17-5-4-12-24(15-17)21(26)22(2)3/h6-9,17,19H,4-5,10-15H2,1-3H3. The number of carbonyl (C=O) groups is 2. The summed E-state index contributed by atoms with van der Waals surface area (Å²) in [7, 11) is 3.51. The van der Waals surface area contributed by atoms with E-state index in [1.807, 2.05) is 17.0 Å². The SMILES string of the molecule is Cc1ccc(OC2CCN(C(=O)C3CCCN(C(=O)N(C)C)C3)CC2)cc1. The molecule has 1 unspecified atom stereocenters. The fraction of sp³-hybridized carbons (Fsp3) is 0.619. The highest BCUT2D eigenvalue weighted by molar-refractivity contribution is 5.81. The molecule has 1 atom stereocenters. The zero-order valence-electron chi connectivity index (χ0n) is 16.7. The summed E-state index contributed by atoms with van der Waals surface area (Å²) in [5, 5.41) is 0. The largest absolute Gasteiger partial charge is 0.490 e. The summed E-state index contributed by atoms with van der Waals surface area (Å²) in [5.41, 5.74) is 1.22. The van der Waals surface area contributed by atoms with Crippen LogP contribution >= 0.6 is 0 Å². The fourth-order valence-corrected chi connectivity index (χ4v) is 3.90. The Morgan fingerprint density at radius 3 is 2.30 bits per heavy atom. The first-order valence-corrected chi connectivity index (χ1v) is 9.92. The third-order valence-corrected chi connectivity index (χ3v) is 5.50. The number of hydrogen-bond acceptors (Lipinski definition) is 3. The Hall–Kier alpha value is -2.24. The van der Waals surface area contributed by atoms with Gasteiger partial charge in [0, 0.05) is 53.1 Å². The average molecular weight is 373 g/mol. The van der Waals surface area contributed by atoms with Gasteiger partial charge in [0.15, 0.2) is 0 Å². The Bertz CT molecular complexity index is 651. The number of urea groups is 1. The molecule has 1 aromatic rings. The van der Waals surface area contributed by atoms with Crippen molar-refractivity contribution in [2.45, 2.75) is 38.7 Å². The van der Waals surface area contributed by atoms with Gasteiger partial charge in [0.25, 0.3) is 0 Å². The minimum atomic E-state index is -0.0720. The summed E-state index contributed by atoms with van der Waals surface area (Å²) in [6, 6.07) is 8.12. The molecule has 0 N–H and O–H groups in total. The molecule has 148 valence electrons. The summed E-state index contributed by atoms with van der Waals surface area (Å²) in [4.78, 5) is 30.5. The lowest BCUT2D eigenvalue weighted by Gasteiger charge is -2.38. The summed E-state index contributed by atoms with van der Waals surface area (Å²) in [6.07, 6.45) is 3.63. The van der Waals surface area contributed by atoms with E-state index in [0.29, 0.717) is 6.54 Å². The van der Waals surface area contributed by atoms with E-state index in [0.717, 1.165) is 51.1 Å². The summed E-state index contributed by atoms with van der Waals surface area (Å²) >= 11 is 0. The number of amides is 3. The second-order valence-electron chi connectivity index (χ2n) is 7.92. The summed E-state index contributed by atoms with van der Waals surface area (Å²) in [6.45, 7) is 4.80. The third-order valence-electron chi connectivity index (χ3n) is 5.50. The average Bonchev–Trinajstić information content (AvgIpc) is 2.69. The molecule has 0 saturated carbocycles. The number of rotatable bonds is 3. The van der Waals surface area contributed by atoms with Crippen LogP contribution in [0.2, 0.25) is 0 Å². The predicted octanol–water partition coefficient (Wildman–Crippen LogP) is 2.76. The van der Waals surface area contributed by atoms with Gasteiger partial charge in [0.05, 0.1) is 5.92 Å². The number of likely N-dealkylation sites (tertiary alicyclic amines) is 2. The van der Waals surface area contributed by atoms with Crippen LogP contribution in [0.5, 0.6) is 5.75 Å². The lowest BCUT2D eigenvalue weighted by Crippen LogP contribution is -2.51. The maximum atomic E-state index is 12.9. The second-order valence-corrected chi connectivity index (χ2v) is 7.92. The van der Waals surface area contributed by atoms with E-state index in [1.54, 1.807) is 23.9 Å². The van der Waals surface area contributed by atoms with Gasteiger partial charge in [-0.3, -0.25) is 4.79 Å². The van der Waals surface area contributed by atoms with Crippen molar-refractivity contribution in [3.63, 3.8) is 0 Å². The lowest BCUT2D eigenvalue weighted by atomic mass is 9.95. The van der Waals surface area contributed by atoms with Crippen LogP contribution in [0, 0.1) is 12.8 Å². The van der Waals surface area contributed by atoms with E-state index < -0.39 is 0 Å². The van der Waals surface area contributed by atoms with Crippen LogP contribution in [-0.4, -0.2) is 73.0 Å². The Kier molecular flexibility index (Phi) is 6.24. The molecule has 0 bridgehead atoms. The second kappa shape index (κ2) is 8.63. The molecule has 27 heavy (non-hydrogen) atoms. The van der Waals surface area contributed by atoms with E-state index in [9.17, 15) is 9.59 Å². The van der Waals surface area contributed by atoms with E-state index in [4.69, 9.17) is 4.74 Å². The van der Waals surface area contributed by atoms with E-state index in [2.05, 4.69) is 19.1 Å². The van der Waals surface area contributed by atoms with Gasteiger partial charge >= 0.3 is 6.03 Å². The maximum absolute atomic E-state index is 12.9. The molecular formula is C21H31N3O3. The van der Waals surface area contributed by atoms with Gasteiger partial charge in [-0.15, -0.1) is 0 Å². The molecular weight excluding hydrogens is 342 g/mol. The number of carbonyl (C=O) groups excluding carboxylic acids is 2. The molecule has 1 aromatic carbocycles. The minimum Gasteiger partial charge on any atom is -0.490 e. The molecule has 0 radical (unpaired) electrons. The molecule has 2 saturated heterocycles. The number of nitrogens with zero attached hydrogens (tertiary/aromatic N) is 3. The normalized spacial score (nSPS) is 21.1. The summed E-state index contributed by atoms with van der Waals surface area (Å²) in [5.74, 6) is 1.02. The van der Waals surface area contributed by atoms with Crippen molar-refractivity contribution in [3.05, 3.63) is 29.8 Å². The first-order valence-electron chi connectivity index (χ1n) is 9.92. The van der Waals surface area contributed by atoms with Gasteiger partial charge in [0.1, 0.15) is 11.9 Å². The predicted molar refractivity (Wildman–Crippen MR) is 105 cm³/mol. The van der Waals surface area contributed by atoms with Gasteiger partial charge < -0.3 is 19.4 Å². The van der Waals surface area contributed by atoms with Crippen molar-refractivity contribution in [2.75, 3.05) is 40.3 Å². The molecule has 6 heteroatoms. The van der Waals surface area contributed by atoms with E-state index in [-0.39, 0.29) is 24.0 Å². The van der Waals surface area contributed by atoms with Crippen LogP contribution in [0.1, 0.15) is 31.2 Å². The number of ether oxygens (including phenoxy) is 1. The monoisotopic (exact) mass is 373 g/mol. The minimum absolute atomic E-state index is 0.00212. The van der Waals surface area contributed by atoms with Crippen molar-refractivity contribution in [3.8, 4) is 5.75 Å². The topological polar surface area (TPSA) is 53.1 Å². The molecule has 2 fully saturated rings. The lowest BCUT2D eigenvalue weighted by molar-refractivity contribution is -0.138. The Morgan fingerprint density at radius 1 is 1.00 bits per heavy atom. The molecule has 2 aliphatic rings. The number of hydrogen-bond donors (Lipinski definition) is 0. The molecule has 3 rings (SSSR count). The Morgan fingerprint density at radius 2 is 1.67 bits per heavy atom. The van der Waals surface area contributed by atoms with Gasteiger partial charge in [-0.2, -0.15) is 0 Å². The smallest absolute Gasteiger partial charge is 0.319 e. The van der Waals surface area contributed by atoms with Crippen LogP contribution in [0.15, 0.2) is 24.3 Å². The van der Waals surface area contributed by atoms with Crippen LogP contribution < -0.4 is 4.74 Å². The number of benzene rings is 1. The van der Waals surface area contributed by atoms with Crippen LogP contribution in [0.25, 0.3) is 0 Å². The molecule has 0 aliphatic carbocycles. The van der Waals surface area contributed by atoms with Crippen molar-refractivity contribution >= 4 is 11.9 Å². The highest BCUT2D eigenvalue weighted by Crippen LogP contribution is 2.24. The molecule has 0 spiro atoms. The van der Waals surface area contributed by atoms with E-state index >= 15 is 0 Å². The third kappa shape index (κ3) is 4.93. The Labute approximate surface area is 162 Å². The molecule has 0 aromatic heterocycles. The fourth-order valence-electron chi connectivity index (χ4n) is 3.90. The van der Waals surface area contributed by atoms with Gasteiger partial charge in [0.2, 0.25) is 5.91 Å². The first-order chi connectivity index (χ1) is 12.9. The maximum Gasteiger partial charge on any atom is 0.319 e.